The summed E-state index contributed by atoms with van der Waals surface area (Å²) in [5, 5.41) is 6.00. The van der Waals surface area contributed by atoms with Gasteiger partial charge in [0.05, 0.1) is 6.54 Å². The molecule has 0 heterocycles. The summed E-state index contributed by atoms with van der Waals surface area (Å²) >= 11 is 5.84. The molecule has 0 aromatic heterocycles. The third kappa shape index (κ3) is 5.93. The predicted molar refractivity (Wildman–Crippen MR) is 108 cm³/mol. The van der Waals surface area contributed by atoms with Crippen LogP contribution in [0.1, 0.15) is 12.5 Å². The molecule has 5 nitrogen and oxygen atoms in total. The highest BCUT2D eigenvalue weighted by Gasteiger charge is 2.08. The van der Waals surface area contributed by atoms with Crippen LogP contribution in [0.4, 0.5) is 11.4 Å². The van der Waals surface area contributed by atoms with Gasteiger partial charge >= 0.3 is 0 Å². The van der Waals surface area contributed by atoms with Gasteiger partial charge in [0.15, 0.2) is 0 Å². The number of hydrogen-bond acceptors (Lipinski definition) is 3. The summed E-state index contributed by atoms with van der Waals surface area (Å²) in [4.78, 5) is 26.1. The molecule has 0 spiro atoms. The molecule has 0 radical (unpaired) electrons. The van der Waals surface area contributed by atoms with Crippen LogP contribution in [0, 0.1) is 0 Å². The highest BCUT2D eigenvalue weighted by atomic mass is 35.5. The largest absolute Gasteiger partial charge is 0.378 e. The number of rotatable bonds is 6. The lowest BCUT2D eigenvalue weighted by molar-refractivity contribution is -0.121. The van der Waals surface area contributed by atoms with Crippen molar-refractivity contribution in [3.8, 4) is 0 Å². The Labute approximate surface area is 158 Å². The first-order valence-corrected chi connectivity index (χ1v) is 8.52. The van der Waals surface area contributed by atoms with Crippen molar-refractivity contribution in [2.75, 3.05) is 30.9 Å². The average molecular weight is 372 g/mol. The van der Waals surface area contributed by atoms with Crippen LogP contribution in [0.3, 0.4) is 0 Å². The summed E-state index contributed by atoms with van der Waals surface area (Å²) in [6.45, 7) is 1.60. The summed E-state index contributed by atoms with van der Waals surface area (Å²) in [7, 11) is 3.89. The van der Waals surface area contributed by atoms with Crippen LogP contribution >= 0.6 is 11.6 Å². The second kappa shape index (κ2) is 9.06. The van der Waals surface area contributed by atoms with Crippen molar-refractivity contribution in [3.05, 3.63) is 64.7 Å². The van der Waals surface area contributed by atoms with Crippen molar-refractivity contribution in [2.24, 2.45) is 0 Å². The molecule has 0 saturated carbocycles. The highest BCUT2D eigenvalue weighted by Crippen LogP contribution is 2.15. The van der Waals surface area contributed by atoms with Gasteiger partial charge in [0.25, 0.3) is 0 Å². The molecule has 2 rings (SSSR count). The van der Waals surface area contributed by atoms with Crippen molar-refractivity contribution in [1.82, 2.24) is 5.32 Å². The summed E-state index contributed by atoms with van der Waals surface area (Å²) in [5.74, 6) is -0.576. The van der Waals surface area contributed by atoms with E-state index in [1.54, 1.807) is 25.1 Å². The average Bonchev–Trinajstić information content (AvgIpc) is 2.62. The Morgan fingerprint density at radius 1 is 1.04 bits per heavy atom. The molecule has 2 aromatic rings. The molecule has 0 aliphatic carbocycles. The van der Waals surface area contributed by atoms with Crippen molar-refractivity contribution in [3.63, 3.8) is 0 Å². The monoisotopic (exact) mass is 371 g/mol. The van der Waals surface area contributed by atoms with Gasteiger partial charge < -0.3 is 15.5 Å². The minimum atomic E-state index is -0.293. The van der Waals surface area contributed by atoms with Crippen molar-refractivity contribution >= 4 is 40.9 Å². The third-order valence-electron chi connectivity index (χ3n) is 3.69. The normalized spacial score (nSPS) is 11.0. The molecule has 0 aliphatic rings. The van der Waals surface area contributed by atoms with Crippen LogP contribution in [0.25, 0.3) is 6.08 Å². The number of carbonyl (C=O) groups is 2. The molecule has 0 unspecified atom stereocenters. The molecule has 0 fully saturated rings. The zero-order valence-electron chi connectivity index (χ0n) is 15.0. The molecule has 26 heavy (non-hydrogen) atoms. The molecule has 2 N–H and O–H groups in total. The Hall–Kier alpha value is -2.79. The van der Waals surface area contributed by atoms with Crippen LogP contribution in [-0.4, -0.2) is 32.5 Å². The first-order chi connectivity index (χ1) is 12.3. The van der Waals surface area contributed by atoms with Gasteiger partial charge in [0.2, 0.25) is 11.8 Å². The van der Waals surface area contributed by atoms with Gasteiger partial charge in [0, 0.05) is 36.1 Å². The van der Waals surface area contributed by atoms with E-state index in [1.807, 2.05) is 55.4 Å². The maximum Gasteiger partial charge on any atom is 0.247 e. The Balaban J connectivity index is 1.85. The number of nitrogens with zero attached hydrogens (tertiary/aromatic N) is 1. The highest BCUT2D eigenvalue weighted by molar-refractivity contribution is 6.30. The summed E-state index contributed by atoms with van der Waals surface area (Å²) in [5.41, 5.74) is 3.10. The second-order valence-electron chi connectivity index (χ2n) is 6.05. The smallest absolute Gasteiger partial charge is 0.247 e. The fourth-order valence-corrected chi connectivity index (χ4v) is 2.35. The van der Waals surface area contributed by atoms with Gasteiger partial charge in [-0.25, -0.2) is 0 Å². The van der Waals surface area contributed by atoms with Crippen LogP contribution in [0.15, 0.2) is 54.1 Å². The van der Waals surface area contributed by atoms with E-state index in [1.165, 1.54) is 0 Å². The summed E-state index contributed by atoms with van der Waals surface area (Å²) in [6, 6.07) is 14.6. The Morgan fingerprint density at radius 2 is 1.65 bits per heavy atom. The molecule has 2 aromatic carbocycles. The molecule has 0 atom stereocenters. The molecule has 0 bridgehead atoms. The molecule has 0 aliphatic heterocycles. The fraction of sp³-hybridized carbons (Fsp3) is 0.200. The molecule has 2 amide bonds. The van der Waals surface area contributed by atoms with E-state index in [9.17, 15) is 9.59 Å². The number of amides is 2. The topological polar surface area (TPSA) is 61.4 Å². The van der Waals surface area contributed by atoms with E-state index in [4.69, 9.17) is 11.6 Å². The standard InChI is InChI=1S/C20H22ClN3O2/c1-14(12-15-4-6-16(21)7-5-15)20(26)22-13-19(25)23-17-8-10-18(11-9-17)24(2)3/h4-12H,13H2,1-3H3,(H,22,26)(H,23,25)/b14-12+. The lowest BCUT2D eigenvalue weighted by Gasteiger charge is -2.13. The van der Waals surface area contributed by atoms with Gasteiger partial charge in [-0.3, -0.25) is 9.59 Å². The van der Waals surface area contributed by atoms with Gasteiger partial charge in [-0.1, -0.05) is 23.7 Å². The maximum absolute atomic E-state index is 12.1. The van der Waals surface area contributed by atoms with Gasteiger partial charge in [-0.15, -0.1) is 0 Å². The van der Waals surface area contributed by atoms with Crippen molar-refractivity contribution in [1.29, 1.82) is 0 Å². The van der Waals surface area contributed by atoms with Crippen molar-refractivity contribution < 1.29 is 9.59 Å². The summed E-state index contributed by atoms with van der Waals surface area (Å²) < 4.78 is 0. The molecule has 6 heteroatoms. The van der Waals surface area contributed by atoms with Gasteiger partial charge in [-0.05, 0) is 55.0 Å². The quantitative estimate of drug-likeness (QED) is 0.763. The molecule has 0 saturated heterocycles. The zero-order valence-corrected chi connectivity index (χ0v) is 15.8. The van der Waals surface area contributed by atoms with Gasteiger partial charge in [0.1, 0.15) is 0 Å². The van der Waals surface area contributed by atoms with E-state index in [2.05, 4.69) is 10.6 Å². The minimum absolute atomic E-state index is 0.0972. The summed E-state index contributed by atoms with van der Waals surface area (Å²) in [6.07, 6.45) is 1.74. The van der Waals surface area contributed by atoms with Crippen LogP contribution in [0.2, 0.25) is 5.02 Å². The number of benzene rings is 2. The number of anilines is 2. The number of carbonyl (C=O) groups excluding carboxylic acids is 2. The fourth-order valence-electron chi connectivity index (χ4n) is 2.22. The maximum atomic E-state index is 12.1. The first-order valence-electron chi connectivity index (χ1n) is 8.14. The van der Waals surface area contributed by atoms with Crippen LogP contribution in [0.5, 0.6) is 0 Å². The lowest BCUT2D eigenvalue weighted by Crippen LogP contribution is -2.33. The Morgan fingerprint density at radius 3 is 2.23 bits per heavy atom. The Bertz CT molecular complexity index is 797. The van der Waals surface area contributed by atoms with Crippen LogP contribution < -0.4 is 15.5 Å². The Kier molecular flexibility index (Phi) is 6.81. The van der Waals surface area contributed by atoms with Gasteiger partial charge in [-0.2, -0.15) is 0 Å². The van der Waals surface area contributed by atoms with E-state index in [-0.39, 0.29) is 18.4 Å². The molecular formula is C20H22ClN3O2. The van der Waals surface area contributed by atoms with E-state index >= 15 is 0 Å². The van der Waals surface area contributed by atoms with E-state index < -0.39 is 0 Å². The van der Waals surface area contributed by atoms with Crippen LogP contribution in [-0.2, 0) is 9.59 Å². The van der Waals surface area contributed by atoms with E-state index in [0.717, 1.165) is 11.3 Å². The zero-order chi connectivity index (χ0) is 19.1. The number of halogens is 1. The molecule has 136 valence electrons. The number of hydrogen-bond donors (Lipinski definition) is 2. The SMILES string of the molecule is C/C(=C\c1ccc(Cl)cc1)C(=O)NCC(=O)Nc1ccc(N(C)C)cc1. The van der Waals surface area contributed by atoms with E-state index in [0.29, 0.717) is 16.3 Å². The number of nitrogens with one attached hydrogen (secondary N) is 2. The van der Waals surface area contributed by atoms with Crippen molar-refractivity contribution in [2.45, 2.75) is 6.92 Å². The minimum Gasteiger partial charge on any atom is -0.378 e. The second-order valence-corrected chi connectivity index (χ2v) is 6.49. The first kappa shape index (κ1) is 19.5. The molecular weight excluding hydrogens is 350 g/mol. The predicted octanol–water partition coefficient (Wildman–Crippen LogP) is 3.56. The lowest BCUT2D eigenvalue weighted by atomic mass is 10.1. The third-order valence-corrected chi connectivity index (χ3v) is 3.94.